The molecule has 0 saturated heterocycles. The maximum Gasteiger partial charge on any atom is 0.376 e. The average Bonchev–Trinajstić information content (AvgIpc) is 2.45. The van der Waals surface area contributed by atoms with Crippen molar-refractivity contribution >= 4 is 29.0 Å². The molecule has 0 aliphatic heterocycles. The van der Waals surface area contributed by atoms with E-state index in [1.54, 1.807) is 20.1 Å². The number of methoxy groups -OCH3 is 2. The number of ether oxygens (including phenoxy) is 2. The topological polar surface area (TPSA) is 90.6 Å². The number of aromatic nitrogens is 2. The van der Waals surface area contributed by atoms with Crippen LogP contribution in [0.3, 0.4) is 0 Å². The van der Waals surface area contributed by atoms with Crippen molar-refractivity contribution in [3.63, 3.8) is 0 Å². The lowest BCUT2D eigenvalue weighted by atomic mass is 10.3. The summed E-state index contributed by atoms with van der Waals surface area (Å²) in [7, 11) is 2.92. The zero-order valence-electron chi connectivity index (χ0n) is 12.5. The lowest BCUT2D eigenvalue weighted by Gasteiger charge is -2.23. The minimum absolute atomic E-state index is 0.0326. The van der Waals surface area contributed by atoms with Gasteiger partial charge in [0.2, 0.25) is 5.82 Å². The Morgan fingerprint density at radius 1 is 1.38 bits per heavy atom. The number of carbonyl (C=O) groups is 1. The van der Waals surface area contributed by atoms with Crippen LogP contribution in [0, 0.1) is 6.92 Å². The van der Waals surface area contributed by atoms with E-state index < -0.39 is 5.97 Å². The first-order chi connectivity index (χ1) is 9.97. The van der Waals surface area contributed by atoms with Crippen LogP contribution in [0.15, 0.2) is 6.07 Å². The molecule has 1 rings (SSSR count). The summed E-state index contributed by atoms with van der Waals surface area (Å²) in [5, 5.41) is 0. The molecule has 0 radical (unpaired) electrons. The second-order valence-corrected chi connectivity index (χ2v) is 4.90. The second-order valence-electron chi connectivity index (χ2n) is 4.38. The molecule has 116 valence electrons. The summed E-state index contributed by atoms with van der Waals surface area (Å²) in [4.78, 5) is 22.3. The van der Waals surface area contributed by atoms with Gasteiger partial charge in [-0.25, -0.2) is 14.8 Å². The van der Waals surface area contributed by atoms with Gasteiger partial charge >= 0.3 is 5.97 Å². The number of esters is 1. The van der Waals surface area contributed by atoms with E-state index in [0.29, 0.717) is 42.6 Å². The predicted molar refractivity (Wildman–Crippen MR) is 83.6 cm³/mol. The molecule has 1 aromatic heterocycles. The molecule has 0 aromatic carbocycles. The summed E-state index contributed by atoms with van der Waals surface area (Å²) in [5.41, 5.74) is 6.22. The molecule has 7 nitrogen and oxygen atoms in total. The first-order valence-electron chi connectivity index (χ1n) is 6.44. The fraction of sp³-hybridized carbons (Fsp3) is 0.538. The molecule has 21 heavy (non-hydrogen) atoms. The fourth-order valence-corrected chi connectivity index (χ4v) is 1.78. The van der Waals surface area contributed by atoms with Gasteiger partial charge < -0.3 is 20.1 Å². The van der Waals surface area contributed by atoms with E-state index in [1.807, 2.05) is 4.90 Å². The predicted octanol–water partition coefficient (Wildman–Crippen LogP) is 0.701. The SMILES string of the molecule is COCCN(CCC(N)=S)c1cc(C)nc(C(=O)OC)n1. The normalized spacial score (nSPS) is 10.2. The Kier molecular flexibility index (Phi) is 6.97. The monoisotopic (exact) mass is 312 g/mol. The number of aryl methyl sites for hydroxylation is 1. The molecule has 0 spiro atoms. The average molecular weight is 312 g/mol. The van der Waals surface area contributed by atoms with Gasteiger partial charge in [0, 0.05) is 38.4 Å². The summed E-state index contributed by atoms with van der Waals surface area (Å²) in [6, 6.07) is 1.79. The summed E-state index contributed by atoms with van der Waals surface area (Å²) < 4.78 is 9.75. The first kappa shape index (κ1) is 17.3. The van der Waals surface area contributed by atoms with Crippen molar-refractivity contribution < 1.29 is 14.3 Å². The Labute approximate surface area is 129 Å². The van der Waals surface area contributed by atoms with Crippen LogP contribution in [0.5, 0.6) is 0 Å². The molecule has 8 heteroatoms. The van der Waals surface area contributed by atoms with Crippen LogP contribution in [-0.2, 0) is 9.47 Å². The molecular formula is C13H20N4O3S. The van der Waals surface area contributed by atoms with Gasteiger partial charge in [0.1, 0.15) is 5.82 Å². The molecule has 0 saturated carbocycles. The molecule has 0 unspecified atom stereocenters. The Bertz CT molecular complexity index is 510. The standard InChI is InChI=1S/C13H20N4O3S/c1-9-8-11(16-12(15-9)13(18)20-3)17(6-7-19-2)5-4-10(14)21/h8H,4-7H2,1-3H3,(H2,14,21). The number of thiocarbonyl (C=S) groups is 1. The Balaban J connectivity index is 3.01. The first-order valence-corrected chi connectivity index (χ1v) is 6.85. The maximum atomic E-state index is 11.6. The van der Waals surface area contributed by atoms with Gasteiger partial charge in [0.15, 0.2) is 0 Å². The van der Waals surface area contributed by atoms with E-state index in [1.165, 1.54) is 7.11 Å². The van der Waals surface area contributed by atoms with Crippen molar-refractivity contribution in [3.8, 4) is 0 Å². The summed E-state index contributed by atoms with van der Waals surface area (Å²) in [6.45, 7) is 3.51. The highest BCUT2D eigenvalue weighted by Gasteiger charge is 2.15. The minimum Gasteiger partial charge on any atom is -0.463 e. The molecule has 0 amide bonds. The summed E-state index contributed by atoms with van der Waals surface area (Å²) >= 11 is 4.90. The maximum absolute atomic E-state index is 11.6. The van der Waals surface area contributed by atoms with E-state index in [9.17, 15) is 4.79 Å². The van der Waals surface area contributed by atoms with Crippen LogP contribution in [0.4, 0.5) is 5.82 Å². The molecule has 0 aliphatic rings. The van der Waals surface area contributed by atoms with Crippen molar-refractivity contribution in [2.24, 2.45) is 5.73 Å². The molecule has 0 bridgehead atoms. The largest absolute Gasteiger partial charge is 0.463 e. The lowest BCUT2D eigenvalue weighted by molar-refractivity contribution is 0.0586. The molecule has 1 heterocycles. The Hall–Kier alpha value is -1.80. The van der Waals surface area contributed by atoms with Crippen LogP contribution in [0.1, 0.15) is 22.7 Å². The molecule has 0 aliphatic carbocycles. The van der Waals surface area contributed by atoms with Crippen LogP contribution < -0.4 is 10.6 Å². The van der Waals surface area contributed by atoms with Crippen LogP contribution >= 0.6 is 12.2 Å². The van der Waals surface area contributed by atoms with Gasteiger partial charge in [-0.05, 0) is 6.92 Å². The molecule has 2 N–H and O–H groups in total. The van der Waals surface area contributed by atoms with E-state index in [-0.39, 0.29) is 5.82 Å². The molecule has 0 atom stereocenters. The number of carbonyl (C=O) groups excluding carboxylic acids is 1. The smallest absolute Gasteiger partial charge is 0.376 e. The number of nitrogens with zero attached hydrogens (tertiary/aromatic N) is 3. The van der Waals surface area contributed by atoms with Gasteiger partial charge in [-0.1, -0.05) is 12.2 Å². The molecule has 1 aromatic rings. The third-order valence-electron chi connectivity index (χ3n) is 2.73. The van der Waals surface area contributed by atoms with Crippen LogP contribution in [0.2, 0.25) is 0 Å². The van der Waals surface area contributed by atoms with Gasteiger partial charge in [-0.3, -0.25) is 0 Å². The number of anilines is 1. The minimum atomic E-state index is -0.569. The van der Waals surface area contributed by atoms with Crippen molar-refractivity contribution in [2.45, 2.75) is 13.3 Å². The van der Waals surface area contributed by atoms with E-state index in [0.717, 1.165) is 0 Å². The summed E-state index contributed by atoms with van der Waals surface area (Å²) in [6.07, 6.45) is 0.551. The van der Waals surface area contributed by atoms with Crippen LogP contribution in [-0.4, -0.2) is 54.8 Å². The highest BCUT2D eigenvalue weighted by Crippen LogP contribution is 2.13. The second kappa shape index (κ2) is 8.48. The Morgan fingerprint density at radius 3 is 2.67 bits per heavy atom. The third-order valence-corrected chi connectivity index (χ3v) is 2.93. The van der Waals surface area contributed by atoms with Gasteiger partial charge in [0.25, 0.3) is 0 Å². The highest BCUT2D eigenvalue weighted by molar-refractivity contribution is 7.80. The van der Waals surface area contributed by atoms with Crippen LogP contribution in [0.25, 0.3) is 0 Å². The fourth-order valence-electron chi connectivity index (χ4n) is 1.68. The van der Waals surface area contributed by atoms with Crippen molar-refractivity contribution in [1.82, 2.24) is 9.97 Å². The molecule has 0 fully saturated rings. The van der Waals surface area contributed by atoms with Crippen molar-refractivity contribution in [1.29, 1.82) is 0 Å². The number of hydrogen-bond acceptors (Lipinski definition) is 7. The van der Waals surface area contributed by atoms with Crippen molar-refractivity contribution in [2.75, 3.05) is 38.8 Å². The van der Waals surface area contributed by atoms with Crippen molar-refractivity contribution in [3.05, 3.63) is 17.6 Å². The van der Waals surface area contributed by atoms with Gasteiger partial charge in [-0.15, -0.1) is 0 Å². The Morgan fingerprint density at radius 2 is 2.10 bits per heavy atom. The zero-order valence-corrected chi connectivity index (χ0v) is 13.3. The quantitative estimate of drug-likeness (QED) is 0.554. The third kappa shape index (κ3) is 5.60. The van der Waals surface area contributed by atoms with E-state index >= 15 is 0 Å². The number of nitrogens with two attached hydrogens (primary N) is 1. The lowest BCUT2D eigenvalue weighted by Crippen LogP contribution is -2.32. The van der Waals surface area contributed by atoms with E-state index in [2.05, 4.69) is 14.7 Å². The van der Waals surface area contributed by atoms with Gasteiger partial charge in [0.05, 0.1) is 18.7 Å². The summed E-state index contributed by atoms with van der Waals surface area (Å²) in [5.74, 6) is 0.0856. The number of rotatable bonds is 8. The van der Waals surface area contributed by atoms with Gasteiger partial charge in [-0.2, -0.15) is 0 Å². The molecular weight excluding hydrogens is 292 g/mol. The number of hydrogen-bond donors (Lipinski definition) is 1. The zero-order chi connectivity index (χ0) is 15.8. The van der Waals surface area contributed by atoms with E-state index in [4.69, 9.17) is 22.7 Å². The highest BCUT2D eigenvalue weighted by atomic mass is 32.1.